The van der Waals surface area contributed by atoms with Gasteiger partial charge in [-0.1, -0.05) is 48.5 Å². The van der Waals surface area contributed by atoms with Crippen LogP contribution in [0, 0.1) is 0 Å². The summed E-state index contributed by atoms with van der Waals surface area (Å²) < 4.78 is 0. The Balaban J connectivity index is 0.000000148. The molecule has 2 nitrogen and oxygen atoms in total. The Labute approximate surface area is 101 Å². The molecule has 0 spiro atoms. The van der Waals surface area contributed by atoms with E-state index in [1.807, 2.05) is 18.2 Å². The number of rotatable bonds is 3. The molecule has 1 aromatic rings. The van der Waals surface area contributed by atoms with Crippen LogP contribution in [-0.2, 0) is 0 Å². The van der Waals surface area contributed by atoms with Crippen molar-refractivity contribution in [2.24, 2.45) is 0 Å². The zero-order valence-electron chi connectivity index (χ0n) is 9.47. The quantitative estimate of drug-likeness (QED) is 0.697. The summed E-state index contributed by atoms with van der Waals surface area (Å²) in [6.45, 7) is -0.0757. The van der Waals surface area contributed by atoms with Crippen LogP contribution in [0.15, 0.2) is 54.6 Å². The van der Waals surface area contributed by atoms with Crippen LogP contribution in [0.25, 0.3) is 11.1 Å². The number of hydrogen-bond donors (Lipinski definition) is 1. The monoisotopic (exact) mass is 226 g/mol. The van der Waals surface area contributed by atoms with Crippen LogP contribution < -0.4 is 0 Å². The van der Waals surface area contributed by atoms with Crippen molar-refractivity contribution in [1.29, 1.82) is 0 Å². The normalized spacial score (nSPS) is 10.2. The van der Waals surface area contributed by atoms with Crippen molar-refractivity contribution in [3.63, 3.8) is 0 Å². The Morgan fingerprint density at radius 1 is 0.941 bits per heavy atom. The summed E-state index contributed by atoms with van der Waals surface area (Å²) in [6, 6.07) is 17.5. The lowest BCUT2D eigenvalue weighted by molar-refractivity contribution is 0.0956. The average Bonchev–Trinajstić information content (AvgIpc) is 2.98. The zero-order valence-corrected chi connectivity index (χ0v) is 9.47. The Morgan fingerprint density at radius 3 is 2.00 bits per heavy atom. The summed E-state index contributed by atoms with van der Waals surface area (Å²) in [5, 5.41) is 8.48. The van der Waals surface area contributed by atoms with Crippen molar-refractivity contribution >= 4 is 5.78 Å². The first-order valence-electron chi connectivity index (χ1n) is 5.61. The van der Waals surface area contributed by atoms with Gasteiger partial charge in [0.2, 0.25) is 0 Å². The summed E-state index contributed by atoms with van der Waals surface area (Å²) in [7, 11) is 0. The van der Waals surface area contributed by atoms with E-state index in [1.54, 1.807) is 12.1 Å². The van der Waals surface area contributed by atoms with Gasteiger partial charge in [0.05, 0.1) is 6.61 Å². The van der Waals surface area contributed by atoms with Crippen molar-refractivity contribution in [1.82, 2.24) is 0 Å². The molecule has 17 heavy (non-hydrogen) atoms. The van der Waals surface area contributed by atoms with Crippen LogP contribution in [0.4, 0.5) is 0 Å². The number of Topliss-reactive ketones (excluding diaryl/α,β-unsaturated/α-hetero) is 1. The van der Waals surface area contributed by atoms with Crippen molar-refractivity contribution < 1.29 is 9.90 Å². The van der Waals surface area contributed by atoms with Crippen LogP contribution in [-0.4, -0.2) is 17.5 Å². The number of hydrogen-bond acceptors (Lipinski definition) is 2. The van der Waals surface area contributed by atoms with Gasteiger partial charge in [0, 0.05) is 12.0 Å². The van der Waals surface area contributed by atoms with Gasteiger partial charge in [-0.2, -0.15) is 0 Å². The van der Waals surface area contributed by atoms with Crippen molar-refractivity contribution in [2.45, 2.75) is 6.42 Å². The largest absolute Gasteiger partial charge is 0.396 e. The van der Waals surface area contributed by atoms with E-state index >= 15 is 0 Å². The minimum Gasteiger partial charge on any atom is -0.396 e. The van der Waals surface area contributed by atoms with E-state index in [2.05, 4.69) is 24.3 Å². The van der Waals surface area contributed by atoms with Gasteiger partial charge in [-0.25, -0.2) is 0 Å². The molecule has 0 unspecified atom stereocenters. The van der Waals surface area contributed by atoms with E-state index in [0.29, 0.717) is 5.56 Å². The standard InChI is InChI=1S/C9H10O2.C6H4/c10-7-6-9(11)8-4-2-1-3-5-8;1-2-5-4-6(5)3-1/h1-5,10H,6-7H2;1-4H. The maximum atomic E-state index is 11.1. The summed E-state index contributed by atoms with van der Waals surface area (Å²) >= 11 is 0. The van der Waals surface area contributed by atoms with Crippen molar-refractivity contribution in [3.8, 4) is 11.1 Å². The van der Waals surface area contributed by atoms with E-state index in [0.717, 1.165) is 0 Å². The Kier molecular flexibility index (Phi) is 3.68. The third kappa shape index (κ3) is 3.26. The van der Waals surface area contributed by atoms with Crippen molar-refractivity contribution in [3.05, 3.63) is 60.2 Å². The number of aliphatic hydroxyl groups excluding tert-OH is 1. The fraction of sp³-hybridized carbons (Fsp3) is 0.133. The molecule has 0 saturated heterocycles. The van der Waals surface area contributed by atoms with E-state index in [4.69, 9.17) is 5.11 Å². The van der Waals surface area contributed by atoms with E-state index in [1.165, 1.54) is 11.1 Å². The third-order valence-corrected chi connectivity index (χ3v) is 2.55. The molecule has 0 bridgehead atoms. The van der Waals surface area contributed by atoms with Gasteiger partial charge in [-0.3, -0.25) is 4.79 Å². The second-order valence-electron chi connectivity index (χ2n) is 3.84. The molecular weight excluding hydrogens is 212 g/mol. The number of benzene rings is 2. The molecule has 1 aromatic carbocycles. The van der Waals surface area contributed by atoms with Crippen LogP contribution in [0.3, 0.4) is 0 Å². The zero-order chi connectivity index (χ0) is 12.1. The topological polar surface area (TPSA) is 37.3 Å². The van der Waals surface area contributed by atoms with Crippen LogP contribution in [0.2, 0.25) is 0 Å². The summed E-state index contributed by atoms with van der Waals surface area (Å²) in [4.78, 5) is 11.1. The van der Waals surface area contributed by atoms with Crippen LogP contribution in [0.1, 0.15) is 16.8 Å². The second kappa shape index (κ2) is 5.41. The molecule has 0 atom stereocenters. The number of carbonyl (C=O) groups excluding carboxylic acids is 1. The highest BCUT2D eigenvalue weighted by atomic mass is 16.3. The molecule has 0 aromatic heterocycles. The number of carbonyl (C=O) groups is 1. The van der Waals surface area contributed by atoms with Gasteiger partial charge in [-0.05, 0) is 17.2 Å². The van der Waals surface area contributed by atoms with Gasteiger partial charge in [-0.15, -0.1) is 0 Å². The molecular formula is C15H14O2. The molecule has 0 aliphatic heterocycles. The molecule has 0 radical (unpaired) electrons. The number of ketones is 1. The van der Waals surface area contributed by atoms with Crippen molar-refractivity contribution in [2.75, 3.05) is 6.61 Å². The number of fused-ring (bicyclic) bond motifs is 1. The summed E-state index contributed by atoms with van der Waals surface area (Å²) in [6.07, 6.45) is 0.212. The van der Waals surface area contributed by atoms with Gasteiger partial charge in [0.25, 0.3) is 0 Å². The highest BCUT2D eigenvalue weighted by Gasteiger charge is 2.07. The minimum absolute atomic E-state index is 0.00639. The van der Waals surface area contributed by atoms with Gasteiger partial charge in [0.15, 0.2) is 5.78 Å². The maximum absolute atomic E-state index is 11.1. The molecule has 0 fully saturated rings. The lowest BCUT2D eigenvalue weighted by Gasteiger charge is -1.95. The molecule has 86 valence electrons. The highest BCUT2D eigenvalue weighted by Crippen LogP contribution is 2.32. The smallest absolute Gasteiger partial charge is 0.165 e. The third-order valence-electron chi connectivity index (χ3n) is 2.55. The highest BCUT2D eigenvalue weighted by molar-refractivity contribution is 5.96. The lowest BCUT2D eigenvalue weighted by Crippen LogP contribution is -2.00. The van der Waals surface area contributed by atoms with Crippen LogP contribution in [0.5, 0.6) is 0 Å². The van der Waals surface area contributed by atoms with Gasteiger partial charge < -0.3 is 5.11 Å². The first-order valence-corrected chi connectivity index (χ1v) is 5.61. The molecule has 0 amide bonds. The Morgan fingerprint density at radius 2 is 1.59 bits per heavy atom. The Bertz CT molecular complexity index is 486. The van der Waals surface area contributed by atoms with E-state index in [-0.39, 0.29) is 18.8 Å². The molecule has 2 aliphatic rings. The predicted octanol–water partition coefficient (Wildman–Crippen LogP) is 2.92. The molecule has 2 heteroatoms. The summed E-state index contributed by atoms with van der Waals surface area (Å²) in [5.41, 5.74) is 3.52. The SMILES string of the molecule is O=C(CCO)c1ccccc1.c1cc2cc-2c1. The lowest BCUT2D eigenvalue weighted by atomic mass is 10.1. The second-order valence-corrected chi connectivity index (χ2v) is 3.84. The van der Waals surface area contributed by atoms with Crippen LogP contribution >= 0.6 is 0 Å². The first-order chi connectivity index (χ1) is 8.31. The average molecular weight is 226 g/mol. The fourth-order valence-electron chi connectivity index (χ4n) is 1.55. The molecule has 2 aliphatic carbocycles. The predicted molar refractivity (Wildman–Crippen MR) is 67.9 cm³/mol. The molecule has 3 rings (SSSR count). The van der Waals surface area contributed by atoms with E-state index in [9.17, 15) is 4.79 Å². The molecule has 0 saturated carbocycles. The molecule has 0 heterocycles. The van der Waals surface area contributed by atoms with Gasteiger partial charge >= 0.3 is 0 Å². The maximum Gasteiger partial charge on any atom is 0.165 e. The minimum atomic E-state index is -0.0757. The summed E-state index contributed by atoms with van der Waals surface area (Å²) in [5.74, 6) is -0.00639. The number of aliphatic hydroxyl groups is 1. The fourth-order valence-corrected chi connectivity index (χ4v) is 1.55. The van der Waals surface area contributed by atoms with Gasteiger partial charge in [0.1, 0.15) is 0 Å². The first kappa shape index (κ1) is 11.6. The molecule has 1 N–H and O–H groups in total. The van der Waals surface area contributed by atoms with E-state index < -0.39 is 0 Å². The Hall–Kier alpha value is -1.93.